The standard InChI is InChI=1S/C22H25N3O3S2/c1-2-3-4-6-16-9-11-19(12-10-16)30(27,28)25-18-8-5-7-17(15-18)20(21(23)26)22-24-13-14-29-22/h5,7-15,20,25H,2-4,6H2,1H3,(H2,23,26). The molecule has 0 aliphatic carbocycles. The van der Waals surface area contributed by atoms with Gasteiger partial charge in [-0.25, -0.2) is 13.4 Å². The number of rotatable bonds is 10. The summed E-state index contributed by atoms with van der Waals surface area (Å²) in [5, 5.41) is 2.34. The monoisotopic (exact) mass is 443 g/mol. The summed E-state index contributed by atoms with van der Waals surface area (Å²) in [6, 6.07) is 13.6. The number of benzene rings is 2. The van der Waals surface area contributed by atoms with Crippen LogP contribution in [0.4, 0.5) is 5.69 Å². The highest BCUT2D eigenvalue weighted by molar-refractivity contribution is 7.92. The quantitative estimate of drug-likeness (QED) is 0.456. The van der Waals surface area contributed by atoms with Gasteiger partial charge in [0, 0.05) is 17.3 Å². The number of thiazole rings is 1. The van der Waals surface area contributed by atoms with Crippen molar-refractivity contribution in [1.29, 1.82) is 0 Å². The number of unbranched alkanes of at least 4 members (excludes halogenated alkanes) is 2. The second-order valence-electron chi connectivity index (χ2n) is 7.04. The van der Waals surface area contributed by atoms with Crippen molar-refractivity contribution in [2.45, 2.75) is 43.4 Å². The van der Waals surface area contributed by atoms with Crippen LogP contribution in [0.25, 0.3) is 0 Å². The molecule has 30 heavy (non-hydrogen) atoms. The van der Waals surface area contributed by atoms with Gasteiger partial charge in [-0.3, -0.25) is 9.52 Å². The number of primary amides is 1. The van der Waals surface area contributed by atoms with E-state index < -0.39 is 21.8 Å². The predicted molar refractivity (Wildman–Crippen MR) is 120 cm³/mol. The third kappa shape index (κ3) is 5.46. The normalized spacial score (nSPS) is 12.4. The lowest BCUT2D eigenvalue weighted by atomic mass is 9.99. The first-order valence-electron chi connectivity index (χ1n) is 9.81. The molecule has 1 aromatic heterocycles. The van der Waals surface area contributed by atoms with E-state index in [-0.39, 0.29) is 4.90 Å². The minimum atomic E-state index is -3.75. The van der Waals surface area contributed by atoms with Crippen LogP contribution in [0.3, 0.4) is 0 Å². The van der Waals surface area contributed by atoms with Gasteiger partial charge in [0.25, 0.3) is 10.0 Å². The summed E-state index contributed by atoms with van der Waals surface area (Å²) in [5.74, 6) is -1.26. The average Bonchev–Trinajstić information content (AvgIpc) is 3.22. The minimum absolute atomic E-state index is 0.193. The van der Waals surface area contributed by atoms with Crippen molar-refractivity contribution >= 4 is 33.0 Å². The molecule has 0 spiro atoms. The zero-order valence-electron chi connectivity index (χ0n) is 16.7. The maximum atomic E-state index is 12.8. The first kappa shape index (κ1) is 22.0. The highest BCUT2D eigenvalue weighted by Gasteiger charge is 2.23. The number of sulfonamides is 1. The number of carbonyl (C=O) groups excluding carboxylic acids is 1. The van der Waals surface area contributed by atoms with Gasteiger partial charge < -0.3 is 5.73 Å². The molecule has 1 unspecified atom stereocenters. The first-order valence-corrected chi connectivity index (χ1v) is 12.2. The van der Waals surface area contributed by atoms with Gasteiger partial charge in [-0.1, -0.05) is 44.0 Å². The Morgan fingerprint density at radius 3 is 2.57 bits per heavy atom. The van der Waals surface area contributed by atoms with Crippen molar-refractivity contribution in [1.82, 2.24) is 4.98 Å². The fraction of sp³-hybridized carbons (Fsp3) is 0.273. The van der Waals surface area contributed by atoms with Crippen LogP contribution in [0.2, 0.25) is 0 Å². The van der Waals surface area contributed by atoms with Crippen molar-refractivity contribution in [3.05, 3.63) is 76.2 Å². The average molecular weight is 444 g/mol. The van der Waals surface area contributed by atoms with Gasteiger partial charge in [0.2, 0.25) is 5.91 Å². The third-order valence-electron chi connectivity index (χ3n) is 4.76. The summed E-state index contributed by atoms with van der Waals surface area (Å²) in [6.07, 6.45) is 5.94. The Bertz CT molecular complexity index is 1080. The molecular weight excluding hydrogens is 418 g/mol. The van der Waals surface area contributed by atoms with Crippen LogP contribution in [0.15, 0.2) is 65.0 Å². The van der Waals surface area contributed by atoms with Crippen molar-refractivity contribution in [3.8, 4) is 0 Å². The molecule has 0 radical (unpaired) electrons. The van der Waals surface area contributed by atoms with Crippen molar-refractivity contribution in [2.24, 2.45) is 5.73 Å². The molecule has 1 atom stereocenters. The van der Waals surface area contributed by atoms with Crippen LogP contribution in [-0.2, 0) is 21.2 Å². The van der Waals surface area contributed by atoms with Crippen LogP contribution in [0, 0.1) is 0 Å². The molecule has 0 aliphatic heterocycles. The Kier molecular flexibility index (Phi) is 7.23. The number of hydrogen-bond donors (Lipinski definition) is 2. The Morgan fingerprint density at radius 2 is 1.93 bits per heavy atom. The summed E-state index contributed by atoms with van der Waals surface area (Å²) in [7, 11) is -3.75. The largest absolute Gasteiger partial charge is 0.369 e. The maximum absolute atomic E-state index is 12.8. The molecule has 3 rings (SSSR count). The smallest absolute Gasteiger partial charge is 0.261 e. The summed E-state index contributed by atoms with van der Waals surface area (Å²) in [6.45, 7) is 2.15. The Balaban J connectivity index is 1.78. The molecule has 0 saturated carbocycles. The van der Waals surface area contributed by atoms with Crippen LogP contribution >= 0.6 is 11.3 Å². The minimum Gasteiger partial charge on any atom is -0.369 e. The van der Waals surface area contributed by atoms with Gasteiger partial charge in [-0.15, -0.1) is 11.3 Å². The van der Waals surface area contributed by atoms with Crippen molar-refractivity contribution in [3.63, 3.8) is 0 Å². The molecule has 0 aliphatic rings. The SMILES string of the molecule is CCCCCc1ccc(S(=O)(=O)Nc2cccc(C(C(N)=O)c3nccs3)c2)cc1. The van der Waals surface area contributed by atoms with E-state index in [4.69, 9.17) is 5.73 Å². The van der Waals surface area contributed by atoms with Crippen LogP contribution in [0.1, 0.15) is 48.2 Å². The van der Waals surface area contributed by atoms with Crippen LogP contribution < -0.4 is 10.5 Å². The summed E-state index contributed by atoms with van der Waals surface area (Å²) >= 11 is 1.33. The van der Waals surface area contributed by atoms with Crippen LogP contribution in [-0.4, -0.2) is 19.3 Å². The summed E-state index contributed by atoms with van der Waals surface area (Å²) in [4.78, 5) is 16.4. The van der Waals surface area contributed by atoms with E-state index in [9.17, 15) is 13.2 Å². The number of nitrogens with two attached hydrogens (primary N) is 1. The molecule has 0 saturated heterocycles. The second-order valence-corrected chi connectivity index (χ2v) is 9.65. The number of nitrogens with zero attached hydrogens (tertiary/aromatic N) is 1. The van der Waals surface area contributed by atoms with Gasteiger partial charge in [0.05, 0.1) is 4.90 Å². The number of aryl methyl sites for hydroxylation is 1. The molecular formula is C22H25N3O3S2. The fourth-order valence-corrected chi connectivity index (χ4v) is 5.04. The van der Waals surface area contributed by atoms with Gasteiger partial charge in [-0.05, 0) is 48.2 Å². The summed E-state index contributed by atoms with van der Waals surface area (Å²) in [5.41, 5.74) is 7.65. The first-order chi connectivity index (χ1) is 14.4. The van der Waals surface area contributed by atoms with Gasteiger partial charge in [0.1, 0.15) is 10.9 Å². The highest BCUT2D eigenvalue weighted by atomic mass is 32.2. The topological polar surface area (TPSA) is 102 Å². The molecule has 1 heterocycles. The van der Waals surface area contributed by atoms with Crippen molar-refractivity contribution < 1.29 is 13.2 Å². The molecule has 1 amide bonds. The number of anilines is 1. The third-order valence-corrected chi connectivity index (χ3v) is 7.00. The molecule has 3 aromatic rings. The lowest BCUT2D eigenvalue weighted by molar-refractivity contribution is -0.118. The molecule has 0 fully saturated rings. The van der Waals surface area contributed by atoms with Crippen molar-refractivity contribution in [2.75, 3.05) is 4.72 Å². The zero-order chi connectivity index (χ0) is 21.6. The molecule has 158 valence electrons. The Hall–Kier alpha value is -2.71. The maximum Gasteiger partial charge on any atom is 0.261 e. The second kappa shape index (κ2) is 9.86. The number of aromatic nitrogens is 1. The van der Waals surface area contributed by atoms with Crippen LogP contribution in [0.5, 0.6) is 0 Å². The molecule has 2 aromatic carbocycles. The molecule has 3 N–H and O–H groups in total. The van der Waals surface area contributed by atoms with E-state index in [0.29, 0.717) is 16.3 Å². The Labute approximate surface area is 181 Å². The van der Waals surface area contributed by atoms with E-state index in [1.54, 1.807) is 48.0 Å². The number of hydrogen-bond acceptors (Lipinski definition) is 5. The number of nitrogens with one attached hydrogen (secondary N) is 1. The van der Waals surface area contributed by atoms with E-state index in [1.807, 2.05) is 12.1 Å². The number of amides is 1. The Morgan fingerprint density at radius 1 is 1.17 bits per heavy atom. The van der Waals surface area contributed by atoms with E-state index >= 15 is 0 Å². The molecule has 0 bridgehead atoms. The lowest BCUT2D eigenvalue weighted by Crippen LogP contribution is -2.22. The van der Waals surface area contributed by atoms with E-state index in [0.717, 1.165) is 31.2 Å². The highest BCUT2D eigenvalue weighted by Crippen LogP contribution is 2.28. The predicted octanol–water partition coefficient (Wildman–Crippen LogP) is 4.29. The molecule has 8 heteroatoms. The van der Waals surface area contributed by atoms with Gasteiger partial charge >= 0.3 is 0 Å². The van der Waals surface area contributed by atoms with E-state index in [2.05, 4.69) is 16.6 Å². The van der Waals surface area contributed by atoms with E-state index in [1.165, 1.54) is 11.3 Å². The summed E-state index contributed by atoms with van der Waals surface area (Å²) < 4.78 is 28.2. The zero-order valence-corrected chi connectivity index (χ0v) is 18.4. The molecule has 6 nitrogen and oxygen atoms in total. The van der Waals surface area contributed by atoms with Gasteiger partial charge in [-0.2, -0.15) is 0 Å². The number of carbonyl (C=O) groups is 1. The van der Waals surface area contributed by atoms with Gasteiger partial charge in [0.15, 0.2) is 0 Å². The fourth-order valence-electron chi connectivity index (χ4n) is 3.22. The lowest BCUT2D eigenvalue weighted by Gasteiger charge is -2.14.